The molecular weight excluding hydrogens is 620 g/mol. The normalized spacial score (nSPS) is 24.2. The Hall–Kier alpha value is -2.34. The molecule has 43 heavy (non-hydrogen) atoms. The molecule has 1 aliphatic rings. The van der Waals surface area contributed by atoms with Crippen molar-refractivity contribution in [3.63, 3.8) is 0 Å². The number of nitrogens with one attached hydrogen (secondary N) is 1. The van der Waals surface area contributed by atoms with Crippen LogP contribution in [0.1, 0.15) is 38.1 Å². The fraction of sp³-hybridized carbons (Fsp3) is 0.560. The summed E-state index contributed by atoms with van der Waals surface area (Å²) in [4.78, 5) is 28.1. The molecule has 1 aromatic heterocycles. The number of halogens is 3. The van der Waals surface area contributed by atoms with Gasteiger partial charge in [0, 0.05) is 18.5 Å². The summed E-state index contributed by atoms with van der Waals surface area (Å²) in [6.07, 6.45) is -7.71. The van der Waals surface area contributed by atoms with Gasteiger partial charge >= 0.3 is 19.6 Å². The third kappa shape index (κ3) is 8.86. The summed E-state index contributed by atoms with van der Waals surface area (Å²) in [5.74, 6) is -0.0550. The number of alkyl halides is 3. The van der Waals surface area contributed by atoms with Crippen LogP contribution in [0.5, 0.6) is 0 Å². The number of hydrogen-bond acceptors (Lipinski definition) is 12. The highest BCUT2D eigenvalue weighted by molar-refractivity contribution is 8.13. The Kier molecular flexibility index (Phi) is 11.2. The van der Waals surface area contributed by atoms with E-state index in [0.29, 0.717) is 5.56 Å². The first kappa shape index (κ1) is 35.1. The van der Waals surface area contributed by atoms with Gasteiger partial charge in [-0.15, -0.1) is 0 Å². The van der Waals surface area contributed by atoms with E-state index < -0.39 is 61.2 Å². The smallest absolute Gasteiger partial charge is 0.395 e. The number of carbonyl (C=O) groups is 1. The number of benzene rings is 1. The average Bonchev–Trinajstić information content (AvgIpc) is 3.16. The lowest BCUT2D eigenvalue weighted by molar-refractivity contribution is -0.137. The van der Waals surface area contributed by atoms with Crippen molar-refractivity contribution in [3.05, 3.63) is 58.1 Å². The number of nitrogens with two attached hydrogens (primary N) is 1. The van der Waals surface area contributed by atoms with Gasteiger partial charge in [0.2, 0.25) is 0 Å². The number of nitrogen functional groups attached to an aromatic ring is 1. The van der Waals surface area contributed by atoms with Crippen LogP contribution in [0.25, 0.3) is 0 Å². The number of thioether (sulfide) groups is 1. The van der Waals surface area contributed by atoms with Crippen LogP contribution >= 0.6 is 19.5 Å². The SMILES string of the molecule is CC(C)(CO)C(=O)SCCOP(=O)(NCc1ccc(C(F)(F)F)cc1)OC[C@H]1O[C@@H](n2ccc(N)nc2=O)[C@@](C)(O)C1O. The standard InChI is InChI=1S/C25H34F3N4O9PS/c1-23(2,14-33)21(35)43-11-10-39-42(38,30-12-15-4-6-16(7-5-15)25(26,27)28)40-13-17-19(34)24(3,37)20(41-17)32-9-8-18(29)31-22(32)36/h4-9,17,19-20,33-34,37H,10-14H2,1-3H3,(H,30,38)(H2,29,31,36)/t17-,19?,20-,24+,42?/m1/s1. The predicted molar refractivity (Wildman–Crippen MR) is 150 cm³/mol. The Balaban J connectivity index is 1.72. The van der Waals surface area contributed by atoms with E-state index >= 15 is 0 Å². The number of aliphatic hydroxyl groups excluding tert-OH is 2. The third-order valence-electron chi connectivity index (χ3n) is 6.55. The number of aliphatic hydroxyl groups is 3. The lowest BCUT2D eigenvalue weighted by atomic mass is 9.96. The minimum absolute atomic E-state index is 0.0178. The zero-order chi connectivity index (χ0) is 32.2. The van der Waals surface area contributed by atoms with Gasteiger partial charge in [0.15, 0.2) is 11.3 Å². The van der Waals surface area contributed by atoms with E-state index in [1.807, 2.05) is 0 Å². The highest BCUT2D eigenvalue weighted by atomic mass is 32.2. The fourth-order valence-electron chi connectivity index (χ4n) is 3.83. The number of carbonyl (C=O) groups excluding carboxylic acids is 1. The molecule has 2 unspecified atom stereocenters. The molecule has 5 atom stereocenters. The lowest BCUT2D eigenvalue weighted by Crippen LogP contribution is -2.46. The fourth-order valence-corrected chi connectivity index (χ4v) is 6.07. The van der Waals surface area contributed by atoms with Crippen molar-refractivity contribution < 1.29 is 51.6 Å². The van der Waals surface area contributed by atoms with Crippen molar-refractivity contribution >= 4 is 30.4 Å². The molecule has 0 bridgehead atoms. The van der Waals surface area contributed by atoms with Crippen LogP contribution in [0.2, 0.25) is 0 Å². The predicted octanol–water partition coefficient (Wildman–Crippen LogP) is 2.06. The van der Waals surface area contributed by atoms with Crippen LogP contribution in [-0.4, -0.2) is 73.4 Å². The van der Waals surface area contributed by atoms with Gasteiger partial charge in [0.05, 0.1) is 30.8 Å². The summed E-state index contributed by atoms with van der Waals surface area (Å²) in [5.41, 5.74) is 1.05. The van der Waals surface area contributed by atoms with Crippen LogP contribution in [0.4, 0.5) is 19.0 Å². The zero-order valence-electron chi connectivity index (χ0n) is 23.5. The third-order valence-corrected chi connectivity index (χ3v) is 9.29. The molecule has 2 aromatic rings. The minimum Gasteiger partial charge on any atom is -0.395 e. The van der Waals surface area contributed by atoms with Gasteiger partial charge in [-0.2, -0.15) is 18.2 Å². The first-order valence-corrected chi connectivity index (χ1v) is 15.4. The van der Waals surface area contributed by atoms with Crippen LogP contribution < -0.4 is 16.5 Å². The highest BCUT2D eigenvalue weighted by Crippen LogP contribution is 2.46. The maximum absolute atomic E-state index is 13.6. The Morgan fingerprint density at radius 2 is 1.91 bits per heavy atom. The van der Waals surface area contributed by atoms with E-state index in [9.17, 15) is 42.6 Å². The second-order valence-corrected chi connectivity index (χ2v) is 13.5. The summed E-state index contributed by atoms with van der Waals surface area (Å²) in [6, 6.07) is 5.35. The van der Waals surface area contributed by atoms with Crippen LogP contribution in [0.3, 0.4) is 0 Å². The van der Waals surface area contributed by atoms with Crippen LogP contribution in [0.15, 0.2) is 41.3 Å². The van der Waals surface area contributed by atoms with Crippen molar-refractivity contribution in [2.45, 2.75) is 57.5 Å². The summed E-state index contributed by atoms with van der Waals surface area (Å²) in [5, 5.41) is 33.2. The van der Waals surface area contributed by atoms with Gasteiger partial charge in [-0.1, -0.05) is 23.9 Å². The van der Waals surface area contributed by atoms with E-state index in [-0.39, 0.29) is 36.4 Å². The van der Waals surface area contributed by atoms with Gasteiger partial charge in [-0.05, 0) is 44.5 Å². The second kappa shape index (κ2) is 13.7. The van der Waals surface area contributed by atoms with Gasteiger partial charge in [-0.3, -0.25) is 18.4 Å². The molecule has 2 heterocycles. The molecule has 3 rings (SSSR count). The first-order chi connectivity index (χ1) is 19.9. The Labute approximate surface area is 249 Å². The summed E-state index contributed by atoms with van der Waals surface area (Å²) >= 11 is 0.831. The highest BCUT2D eigenvalue weighted by Gasteiger charge is 2.54. The molecular formula is C25H34F3N4O9PS. The van der Waals surface area contributed by atoms with Crippen molar-refractivity contribution in [1.82, 2.24) is 14.6 Å². The van der Waals surface area contributed by atoms with Crippen molar-refractivity contribution in [1.29, 1.82) is 0 Å². The average molecular weight is 655 g/mol. The number of ether oxygens (including phenoxy) is 1. The van der Waals surface area contributed by atoms with Gasteiger partial charge in [0.25, 0.3) is 0 Å². The molecule has 1 saturated heterocycles. The topological polar surface area (TPSA) is 195 Å². The molecule has 6 N–H and O–H groups in total. The Morgan fingerprint density at radius 3 is 2.49 bits per heavy atom. The second-order valence-electron chi connectivity index (χ2n) is 10.6. The van der Waals surface area contributed by atoms with Crippen LogP contribution in [-0.2, 0) is 35.9 Å². The number of anilines is 1. The number of rotatable bonds is 13. The van der Waals surface area contributed by atoms with Crippen LogP contribution in [0, 0.1) is 5.41 Å². The molecule has 18 heteroatoms. The monoisotopic (exact) mass is 654 g/mol. The molecule has 0 aliphatic carbocycles. The van der Waals surface area contributed by atoms with Crippen molar-refractivity contribution in [3.8, 4) is 0 Å². The molecule has 1 aliphatic heterocycles. The molecule has 1 fully saturated rings. The molecule has 1 aromatic carbocycles. The lowest BCUT2D eigenvalue weighted by Gasteiger charge is -2.27. The molecule has 0 radical (unpaired) electrons. The van der Waals surface area contributed by atoms with E-state index in [1.165, 1.54) is 31.3 Å². The molecule has 0 spiro atoms. The van der Waals surface area contributed by atoms with E-state index in [0.717, 1.165) is 28.5 Å². The molecule has 0 amide bonds. The Morgan fingerprint density at radius 1 is 1.26 bits per heavy atom. The summed E-state index contributed by atoms with van der Waals surface area (Å²) in [7, 11) is -4.28. The maximum atomic E-state index is 13.6. The minimum atomic E-state index is -4.54. The van der Waals surface area contributed by atoms with Crippen molar-refractivity contribution in [2.24, 2.45) is 5.41 Å². The number of aromatic nitrogens is 2. The molecule has 13 nitrogen and oxygen atoms in total. The van der Waals surface area contributed by atoms with Gasteiger partial charge < -0.3 is 25.8 Å². The van der Waals surface area contributed by atoms with Gasteiger partial charge in [-0.25, -0.2) is 14.4 Å². The Bertz CT molecular complexity index is 1370. The number of nitrogens with zero attached hydrogens (tertiary/aromatic N) is 2. The largest absolute Gasteiger partial charge is 0.416 e. The van der Waals surface area contributed by atoms with E-state index in [1.54, 1.807) is 13.8 Å². The first-order valence-electron chi connectivity index (χ1n) is 12.9. The maximum Gasteiger partial charge on any atom is 0.416 e. The summed E-state index contributed by atoms with van der Waals surface area (Å²) < 4.78 is 69.9. The van der Waals surface area contributed by atoms with Gasteiger partial charge in [0.1, 0.15) is 23.6 Å². The van der Waals surface area contributed by atoms with Crippen molar-refractivity contribution in [2.75, 3.05) is 31.3 Å². The summed E-state index contributed by atoms with van der Waals surface area (Å²) in [6.45, 7) is 2.77. The molecule has 0 saturated carbocycles. The molecule has 240 valence electrons. The van der Waals surface area contributed by atoms with E-state index in [2.05, 4.69) is 10.1 Å². The quantitative estimate of drug-likeness (QED) is 0.156. The zero-order valence-corrected chi connectivity index (χ0v) is 25.2. The number of hydrogen-bond donors (Lipinski definition) is 5. The van der Waals surface area contributed by atoms with E-state index in [4.69, 9.17) is 19.5 Å².